The van der Waals surface area contributed by atoms with Gasteiger partial charge in [-0.3, -0.25) is 4.79 Å². The first kappa shape index (κ1) is 15.9. The molecule has 0 unspecified atom stereocenters. The molecule has 1 saturated carbocycles. The van der Waals surface area contributed by atoms with E-state index in [0.717, 1.165) is 26.2 Å². The van der Waals surface area contributed by atoms with Crippen molar-refractivity contribution >= 4 is 22.1 Å². The molecule has 19 heavy (non-hydrogen) atoms. The summed E-state index contributed by atoms with van der Waals surface area (Å²) in [5, 5.41) is 0. The van der Waals surface area contributed by atoms with Gasteiger partial charge >= 0.3 is 12.1 Å². The van der Waals surface area contributed by atoms with Crippen molar-refractivity contribution in [3.8, 4) is 0 Å². The fraction of sp³-hybridized carbons (Fsp3) is 0.818. The highest BCUT2D eigenvalue weighted by Crippen LogP contribution is 2.29. The van der Waals surface area contributed by atoms with Crippen LogP contribution in [0.4, 0.5) is 4.79 Å². The fourth-order valence-corrected chi connectivity index (χ4v) is 2.62. The molecule has 0 aromatic heterocycles. The second-order valence-electron chi connectivity index (χ2n) is 4.71. The van der Waals surface area contributed by atoms with Crippen LogP contribution in [-0.4, -0.2) is 40.5 Å². The van der Waals surface area contributed by atoms with E-state index >= 15 is 0 Å². The average Bonchev–Trinajstić information content (AvgIpc) is 2.36. The highest BCUT2D eigenvalue weighted by atomic mass is 32.2. The number of ether oxygens (including phenoxy) is 2. The minimum absolute atomic E-state index is 0.219. The van der Waals surface area contributed by atoms with Crippen molar-refractivity contribution in [3.05, 3.63) is 0 Å². The number of sulfonamides is 1. The molecule has 0 aromatic rings. The molecule has 0 spiro atoms. The molecule has 0 saturated heterocycles. The summed E-state index contributed by atoms with van der Waals surface area (Å²) >= 11 is 0. The summed E-state index contributed by atoms with van der Waals surface area (Å²) in [6.07, 6.45) is 2.75. The zero-order chi connectivity index (χ0) is 14.5. The predicted molar refractivity (Wildman–Crippen MR) is 66.8 cm³/mol. The first-order valence-corrected chi connectivity index (χ1v) is 7.95. The van der Waals surface area contributed by atoms with Gasteiger partial charge in [-0.05, 0) is 31.6 Å². The van der Waals surface area contributed by atoms with Crippen LogP contribution in [0.25, 0.3) is 0 Å². The van der Waals surface area contributed by atoms with Crippen LogP contribution >= 0.6 is 0 Å². The molecule has 1 rings (SSSR count). The van der Waals surface area contributed by atoms with E-state index < -0.39 is 22.1 Å². The van der Waals surface area contributed by atoms with Crippen molar-refractivity contribution in [2.75, 3.05) is 19.9 Å². The van der Waals surface area contributed by atoms with Gasteiger partial charge in [0.1, 0.15) is 0 Å². The van der Waals surface area contributed by atoms with Crippen molar-refractivity contribution in [2.24, 2.45) is 11.8 Å². The third-order valence-corrected chi connectivity index (χ3v) is 3.86. The lowest BCUT2D eigenvalue weighted by molar-refractivity contribution is -0.145. The van der Waals surface area contributed by atoms with Crippen LogP contribution in [0.5, 0.6) is 0 Å². The number of rotatable bonds is 4. The molecule has 1 aliphatic carbocycles. The maximum absolute atomic E-state index is 11.6. The lowest BCUT2D eigenvalue weighted by Crippen LogP contribution is -2.32. The zero-order valence-electron chi connectivity index (χ0n) is 11.0. The van der Waals surface area contributed by atoms with Crippen molar-refractivity contribution in [2.45, 2.75) is 25.7 Å². The monoisotopic (exact) mass is 293 g/mol. The second kappa shape index (κ2) is 6.85. The summed E-state index contributed by atoms with van der Waals surface area (Å²) in [6.45, 7) is 0.387. The summed E-state index contributed by atoms with van der Waals surface area (Å²) in [6, 6.07) is 0. The summed E-state index contributed by atoms with van der Waals surface area (Å²) < 4.78 is 33.1. The largest absolute Gasteiger partial charge is 0.515 e. The third-order valence-electron chi connectivity index (χ3n) is 3.16. The van der Waals surface area contributed by atoms with Gasteiger partial charge in [-0.15, -0.1) is 0 Å². The first-order valence-electron chi connectivity index (χ1n) is 6.06. The van der Waals surface area contributed by atoms with Gasteiger partial charge in [0.05, 0.1) is 19.3 Å². The maximum Gasteiger partial charge on any atom is 0.515 e. The van der Waals surface area contributed by atoms with Gasteiger partial charge in [-0.25, -0.2) is 17.9 Å². The molecule has 1 N–H and O–H groups in total. The van der Waals surface area contributed by atoms with E-state index in [2.05, 4.69) is 14.2 Å². The van der Waals surface area contributed by atoms with E-state index in [1.54, 1.807) is 0 Å². The summed E-state index contributed by atoms with van der Waals surface area (Å²) in [5.41, 5.74) is 0. The van der Waals surface area contributed by atoms with E-state index in [1.165, 1.54) is 0 Å². The van der Waals surface area contributed by atoms with E-state index in [9.17, 15) is 18.0 Å². The summed E-state index contributed by atoms with van der Waals surface area (Å²) in [4.78, 5) is 22.4. The van der Waals surface area contributed by atoms with Gasteiger partial charge in [0.2, 0.25) is 10.0 Å². The molecule has 0 amide bonds. The van der Waals surface area contributed by atoms with Gasteiger partial charge in [-0.2, -0.15) is 0 Å². The Kier molecular flexibility index (Phi) is 5.74. The highest BCUT2D eigenvalue weighted by Gasteiger charge is 2.29. The summed E-state index contributed by atoms with van der Waals surface area (Å²) in [5.74, 6) is -0.660. The van der Waals surface area contributed by atoms with Crippen LogP contribution in [0.3, 0.4) is 0 Å². The molecular weight excluding hydrogens is 274 g/mol. The molecule has 0 radical (unpaired) electrons. The van der Waals surface area contributed by atoms with Gasteiger partial charge in [-0.1, -0.05) is 0 Å². The quantitative estimate of drug-likeness (QED) is 0.603. The number of methoxy groups -OCH3 is 1. The first-order chi connectivity index (χ1) is 8.81. The SMILES string of the molecule is COC(=O)OC(=O)C1CCC(CNS(C)(=O)=O)CC1. The molecule has 0 atom stereocenters. The molecule has 0 heterocycles. The number of hydrogen-bond donors (Lipinski definition) is 1. The standard InChI is InChI=1S/C11H19NO6S/c1-17-11(14)18-10(13)9-5-3-8(4-6-9)7-12-19(2,15)16/h8-9,12H,3-7H2,1-2H3. The van der Waals surface area contributed by atoms with Crippen LogP contribution in [0, 0.1) is 11.8 Å². The molecule has 1 fully saturated rings. The minimum Gasteiger partial charge on any atom is -0.437 e. The van der Waals surface area contributed by atoms with Crippen LogP contribution < -0.4 is 4.72 Å². The Balaban J connectivity index is 2.32. The molecule has 1 aliphatic rings. The van der Waals surface area contributed by atoms with Crippen molar-refractivity contribution in [3.63, 3.8) is 0 Å². The van der Waals surface area contributed by atoms with Crippen molar-refractivity contribution < 1.29 is 27.5 Å². The lowest BCUT2D eigenvalue weighted by atomic mass is 9.82. The fourth-order valence-electron chi connectivity index (χ4n) is 2.08. The molecule has 110 valence electrons. The van der Waals surface area contributed by atoms with E-state index in [0.29, 0.717) is 19.4 Å². The van der Waals surface area contributed by atoms with E-state index in [1.807, 2.05) is 0 Å². The van der Waals surface area contributed by atoms with Crippen LogP contribution in [0.15, 0.2) is 0 Å². The topological polar surface area (TPSA) is 98.8 Å². The highest BCUT2D eigenvalue weighted by molar-refractivity contribution is 7.88. The molecule has 0 aliphatic heterocycles. The number of carbonyl (C=O) groups excluding carboxylic acids is 2. The lowest BCUT2D eigenvalue weighted by Gasteiger charge is -2.26. The van der Waals surface area contributed by atoms with E-state index in [4.69, 9.17) is 0 Å². The number of carbonyl (C=O) groups is 2. The molecule has 8 heteroatoms. The number of esters is 1. The zero-order valence-corrected chi connectivity index (χ0v) is 11.9. The Bertz CT molecular complexity index is 424. The predicted octanol–water partition coefficient (Wildman–Crippen LogP) is 0.652. The normalized spacial score (nSPS) is 23.7. The van der Waals surface area contributed by atoms with Gasteiger partial charge in [0.25, 0.3) is 0 Å². The molecule has 0 aromatic carbocycles. The van der Waals surface area contributed by atoms with Crippen LogP contribution in [0.2, 0.25) is 0 Å². The van der Waals surface area contributed by atoms with Crippen LogP contribution in [-0.2, 0) is 24.3 Å². The third kappa shape index (κ3) is 6.02. The Hall–Kier alpha value is -1.15. The number of hydrogen-bond acceptors (Lipinski definition) is 6. The van der Waals surface area contributed by atoms with Crippen LogP contribution in [0.1, 0.15) is 25.7 Å². The Morgan fingerprint density at radius 1 is 1.21 bits per heavy atom. The Morgan fingerprint density at radius 2 is 1.79 bits per heavy atom. The van der Waals surface area contributed by atoms with Crippen molar-refractivity contribution in [1.82, 2.24) is 4.72 Å². The second-order valence-corrected chi connectivity index (χ2v) is 6.55. The van der Waals surface area contributed by atoms with Gasteiger partial charge in [0.15, 0.2) is 0 Å². The van der Waals surface area contributed by atoms with Crippen molar-refractivity contribution in [1.29, 1.82) is 0 Å². The molecule has 7 nitrogen and oxygen atoms in total. The van der Waals surface area contributed by atoms with Gasteiger partial charge < -0.3 is 9.47 Å². The minimum atomic E-state index is -3.18. The number of nitrogens with one attached hydrogen (secondary N) is 1. The maximum atomic E-state index is 11.6. The smallest absolute Gasteiger partial charge is 0.437 e. The Labute approximate surface area is 112 Å². The Morgan fingerprint density at radius 3 is 2.26 bits per heavy atom. The molecular formula is C11H19NO6S. The summed E-state index contributed by atoms with van der Waals surface area (Å²) in [7, 11) is -2.03. The average molecular weight is 293 g/mol. The molecule has 0 bridgehead atoms. The van der Waals surface area contributed by atoms with Gasteiger partial charge in [0, 0.05) is 6.54 Å². The van der Waals surface area contributed by atoms with E-state index in [-0.39, 0.29) is 11.8 Å².